The maximum Gasteiger partial charge on any atom is 0.264 e. The van der Waals surface area contributed by atoms with Gasteiger partial charge in [-0.15, -0.1) is 11.3 Å². The highest BCUT2D eigenvalue weighted by atomic mass is 32.1. The molecule has 102 valence electrons. The van der Waals surface area contributed by atoms with Crippen LogP contribution in [0.4, 0.5) is 0 Å². The van der Waals surface area contributed by atoms with Crippen LogP contribution in [0.2, 0.25) is 0 Å². The Kier molecular flexibility index (Phi) is 3.09. The van der Waals surface area contributed by atoms with Crippen molar-refractivity contribution in [1.29, 1.82) is 0 Å². The zero-order valence-electron chi connectivity index (χ0n) is 11.1. The van der Waals surface area contributed by atoms with Crippen molar-refractivity contribution in [2.45, 2.75) is 31.2 Å². The number of hydrogen-bond donors (Lipinski definition) is 0. The predicted molar refractivity (Wildman–Crippen MR) is 74.2 cm³/mol. The van der Waals surface area contributed by atoms with Gasteiger partial charge in [0.05, 0.1) is 16.8 Å². The van der Waals surface area contributed by atoms with Crippen molar-refractivity contribution in [1.82, 2.24) is 9.80 Å². The normalized spacial score (nSPS) is 27.3. The number of amides is 2. The standard InChI is InChI=1S/C14H18N2O2S/c1-15-10-14(9-12(15)17)6-2-3-7-16(14)13(18)11-5-4-8-19-11/h4-5,8H,2-3,6-7,9-10H2,1H3. The van der Waals surface area contributed by atoms with Crippen molar-refractivity contribution in [3.05, 3.63) is 22.4 Å². The molecule has 1 aromatic heterocycles. The van der Waals surface area contributed by atoms with Crippen LogP contribution in [0.3, 0.4) is 0 Å². The third kappa shape index (κ3) is 2.06. The summed E-state index contributed by atoms with van der Waals surface area (Å²) in [6.07, 6.45) is 3.58. The Morgan fingerprint density at radius 1 is 1.42 bits per heavy atom. The highest BCUT2D eigenvalue weighted by Gasteiger charge is 2.49. The van der Waals surface area contributed by atoms with Gasteiger partial charge in [0, 0.05) is 20.1 Å². The third-order valence-electron chi connectivity index (χ3n) is 4.26. The highest BCUT2D eigenvalue weighted by Crippen LogP contribution is 2.37. The van der Waals surface area contributed by atoms with Gasteiger partial charge in [0.15, 0.2) is 0 Å². The summed E-state index contributed by atoms with van der Waals surface area (Å²) < 4.78 is 0. The van der Waals surface area contributed by atoms with E-state index in [0.29, 0.717) is 13.0 Å². The van der Waals surface area contributed by atoms with E-state index in [9.17, 15) is 9.59 Å². The second-order valence-electron chi connectivity index (χ2n) is 5.54. The summed E-state index contributed by atoms with van der Waals surface area (Å²) >= 11 is 1.48. The Bertz CT molecular complexity index is 500. The first-order chi connectivity index (χ1) is 9.12. The fraction of sp³-hybridized carbons (Fsp3) is 0.571. The minimum absolute atomic E-state index is 0.0952. The molecule has 2 saturated heterocycles. The van der Waals surface area contributed by atoms with E-state index in [1.165, 1.54) is 11.3 Å². The summed E-state index contributed by atoms with van der Waals surface area (Å²) in [5.41, 5.74) is -0.259. The molecule has 2 aliphatic heterocycles. The van der Waals surface area contributed by atoms with Gasteiger partial charge in [-0.3, -0.25) is 9.59 Å². The number of hydrogen-bond acceptors (Lipinski definition) is 3. The molecule has 0 bridgehead atoms. The molecular weight excluding hydrogens is 260 g/mol. The van der Waals surface area contributed by atoms with Crippen molar-refractivity contribution in [3.8, 4) is 0 Å². The molecule has 4 nitrogen and oxygen atoms in total. The van der Waals surface area contributed by atoms with Crippen LogP contribution < -0.4 is 0 Å². The van der Waals surface area contributed by atoms with Gasteiger partial charge < -0.3 is 9.80 Å². The Balaban J connectivity index is 1.90. The van der Waals surface area contributed by atoms with Crippen LogP contribution in [0.1, 0.15) is 35.4 Å². The number of piperidine rings is 1. The van der Waals surface area contributed by atoms with Crippen LogP contribution in [-0.2, 0) is 4.79 Å². The molecule has 0 aliphatic carbocycles. The van der Waals surface area contributed by atoms with Gasteiger partial charge in [0.1, 0.15) is 0 Å². The average Bonchev–Trinajstić information content (AvgIpc) is 2.99. The zero-order valence-corrected chi connectivity index (χ0v) is 11.9. The average molecular weight is 278 g/mol. The number of carbonyl (C=O) groups excluding carboxylic acids is 2. The maximum atomic E-state index is 12.6. The molecule has 0 aromatic carbocycles. The summed E-state index contributed by atoms with van der Waals surface area (Å²) in [6, 6.07) is 3.77. The Morgan fingerprint density at radius 3 is 2.89 bits per heavy atom. The Labute approximate surface area is 117 Å². The molecule has 0 radical (unpaired) electrons. The molecule has 3 rings (SSSR count). The van der Waals surface area contributed by atoms with E-state index in [1.807, 2.05) is 29.5 Å². The van der Waals surface area contributed by atoms with Gasteiger partial charge in [-0.05, 0) is 30.7 Å². The van der Waals surface area contributed by atoms with Crippen molar-refractivity contribution in [3.63, 3.8) is 0 Å². The number of nitrogens with zero attached hydrogens (tertiary/aromatic N) is 2. The number of carbonyl (C=O) groups is 2. The van der Waals surface area contributed by atoms with Crippen LogP contribution in [-0.4, -0.2) is 47.3 Å². The first kappa shape index (κ1) is 12.7. The molecule has 1 spiro atoms. The molecule has 19 heavy (non-hydrogen) atoms. The molecule has 1 atom stereocenters. The highest BCUT2D eigenvalue weighted by molar-refractivity contribution is 7.12. The molecule has 1 unspecified atom stereocenters. The van der Waals surface area contributed by atoms with Gasteiger partial charge in [0.2, 0.25) is 5.91 Å². The molecule has 1 aromatic rings. The lowest BCUT2D eigenvalue weighted by Gasteiger charge is -2.44. The lowest BCUT2D eigenvalue weighted by atomic mass is 9.85. The summed E-state index contributed by atoms with van der Waals surface area (Å²) in [5.74, 6) is 0.253. The van der Waals surface area contributed by atoms with E-state index in [2.05, 4.69) is 0 Å². The quantitative estimate of drug-likeness (QED) is 0.788. The zero-order chi connectivity index (χ0) is 13.5. The molecular formula is C14H18N2O2S. The van der Waals surface area contributed by atoms with E-state index in [0.717, 1.165) is 30.7 Å². The lowest BCUT2D eigenvalue weighted by Crippen LogP contribution is -2.55. The fourth-order valence-corrected chi connectivity index (χ4v) is 3.97. The molecule has 0 N–H and O–H groups in total. The Morgan fingerprint density at radius 2 is 2.26 bits per heavy atom. The third-order valence-corrected chi connectivity index (χ3v) is 5.12. The van der Waals surface area contributed by atoms with Crippen LogP contribution in [0, 0.1) is 0 Å². The molecule has 0 saturated carbocycles. The van der Waals surface area contributed by atoms with Gasteiger partial charge in [-0.1, -0.05) is 6.07 Å². The van der Waals surface area contributed by atoms with Gasteiger partial charge >= 0.3 is 0 Å². The minimum atomic E-state index is -0.259. The van der Waals surface area contributed by atoms with Crippen LogP contribution in [0.15, 0.2) is 17.5 Å². The van der Waals surface area contributed by atoms with Crippen LogP contribution >= 0.6 is 11.3 Å². The Hall–Kier alpha value is -1.36. The summed E-state index contributed by atoms with van der Waals surface area (Å²) in [4.78, 5) is 29.0. The molecule has 2 amide bonds. The number of likely N-dealkylation sites (N-methyl/N-ethyl adjacent to an activating group) is 1. The van der Waals surface area contributed by atoms with E-state index in [4.69, 9.17) is 0 Å². The van der Waals surface area contributed by atoms with Gasteiger partial charge in [-0.25, -0.2) is 0 Å². The maximum absolute atomic E-state index is 12.6. The fourth-order valence-electron chi connectivity index (χ4n) is 3.30. The lowest BCUT2D eigenvalue weighted by molar-refractivity contribution is -0.126. The van der Waals surface area contributed by atoms with Crippen LogP contribution in [0.25, 0.3) is 0 Å². The second kappa shape index (κ2) is 4.63. The van der Waals surface area contributed by atoms with Crippen molar-refractivity contribution >= 4 is 23.2 Å². The summed E-state index contributed by atoms with van der Waals surface area (Å²) in [5, 5.41) is 1.93. The number of rotatable bonds is 1. The number of likely N-dealkylation sites (tertiary alicyclic amines) is 2. The minimum Gasteiger partial charge on any atom is -0.343 e. The second-order valence-corrected chi connectivity index (χ2v) is 6.49. The largest absolute Gasteiger partial charge is 0.343 e. The smallest absolute Gasteiger partial charge is 0.264 e. The topological polar surface area (TPSA) is 40.6 Å². The molecule has 5 heteroatoms. The van der Waals surface area contributed by atoms with Crippen molar-refractivity contribution in [2.24, 2.45) is 0 Å². The van der Waals surface area contributed by atoms with Crippen LogP contribution in [0.5, 0.6) is 0 Å². The predicted octanol–water partition coefficient (Wildman–Crippen LogP) is 1.98. The molecule has 3 heterocycles. The van der Waals surface area contributed by atoms with E-state index < -0.39 is 0 Å². The first-order valence-electron chi connectivity index (χ1n) is 6.72. The van der Waals surface area contributed by atoms with Crippen molar-refractivity contribution in [2.75, 3.05) is 20.1 Å². The summed E-state index contributed by atoms with van der Waals surface area (Å²) in [6.45, 7) is 1.46. The van der Waals surface area contributed by atoms with Gasteiger partial charge in [0.25, 0.3) is 5.91 Å². The summed E-state index contributed by atoms with van der Waals surface area (Å²) in [7, 11) is 1.83. The molecule has 2 aliphatic rings. The van der Waals surface area contributed by atoms with Gasteiger partial charge in [-0.2, -0.15) is 0 Å². The molecule has 2 fully saturated rings. The van der Waals surface area contributed by atoms with E-state index >= 15 is 0 Å². The van der Waals surface area contributed by atoms with E-state index in [1.54, 1.807) is 4.90 Å². The van der Waals surface area contributed by atoms with E-state index in [-0.39, 0.29) is 17.4 Å². The monoisotopic (exact) mass is 278 g/mol. The van der Waals surface area contributed by atoms with Crippen molar-refractivity contribution < 1.29 is 9.59 Å². The number of thiophene rings is 1. The first-order valence-corrected chi connectivity index (χ1v) is 7.60. The SMILES string of the molecule is CN1CC2(CCCCN2C(=O)c2cccs2)CC1=O.